The third-order valence-corrected chi connectivity index (χ3v) is 4.22. The second kappa shape index (κ2) is 9.98. The average Bonchev–Trinajstić information content (AvgIpc) is 3.18. The molecule has 0 radical (unpaired) electrons. The fourth-order valence-electron chi connectivity index (χ4n) is 2.63. The van der Waals surface area contributed by atoms with Gasteiger partial charge in [0.1, 0.15) is 5.69 Å². The molecule has 1 heterocycles. The van der Waals surface area contributed by atoms with Gasteiger partial charge in [-0.2, -0.15) is 0 Å². The van der Waals surface area contributed by atoms with Crippen LogP contribution in [0.25, 0.3) is 6.08 Å². The highest BCUT2D eigenvalue weighted by Gasteiger charge is 2.06. The zero-order valence-corrected chi connectivity index (χ0v) is 16.1. The van der Waals surface area contributed by atoms with E-state index < -0.39 is 5.97 Å². The molecule has 0 saturated carbocycles. The summed E-state index contributed by atoms with van der Waals surface area (Å²) >= 11 is 0. The van der Waals surface area contributed by atoms with Gasteiger partial charge in [0.05, 0.1) is 12.7 Å². The minimum Gasteiger partial charge on any atom is -0.452 e. The van der Waals surface area contributed by atoms with Crippen molar-refractivity contribution in [2.75, 3.05) is 6.61 Å². The van der Waals surface area contributed by atoms with E-state index in [1.165, 1.54) is 12.2 Å². The zero-order chi connectivity index (χ0) is 20.5. The molecule has 0 bridgehead atoms. The van der Waals surface area contributed by atoms with Crippen molar-refractivity contribution >= 4 is 18.0 Å². The van der Waals surface area contributed by atoms with E-state index in [1.807, 2.05) is 61.5 Å². The first-order valence-corrected chi connectivity index (χ1v) is 9.20. The molecule has 0 saturated heterocycles. The highest BCUT2D eigenvalue weighted by atomic mass is 16.5. The molecule has 148 valence electrons. The molecule has 3 rings (SSSR count). The van der Waals surface area contributed by atoms with E-state index >= 15 is 0 Å². The number of carbonyl (C=O) groups is 2. The van der Waals surface area contributed by atoms with Gasteiger partial charge >= 0.3 is 5.97 Å². The number of carbonyl (C=O) groups excluding carboxylic acids is 2. The Bertz CT molecular complexity index is 996. The van der Waals surface area contributed by atoms with Crippen molar-refractivity contribution in [3.8, 4) is 0 Å². The summed E-state index contributed by atoms with van der Waals surface area (Å²) in [6.45, 7) is 2.62. The van der Waals surface area contributed by atoms with Gasteiger partial charge in [-0.05, 0) is 29.7 Å². The Morgan fingerprint density at radius 3 is 2.66 bits per heavy atom. The minimum atomic E-state index is -0.617. The molecule has 0 aliphatic heterocycles. The maximum atomic E-state index is 11.8. The van der Waals surface area contributed by atoms with Crippen LogP contribution in [0.3, 0.4) is 0 Å². The van der Waals surface area contributed by atoms with E-state index in [0.29, 0.717) is 18.8 Å². The van der Waals surface area contributed by atoms with Crippen molar-refractivity contribution in [3.63, 3.8) is 0 Å². The smallest absolute Gasteiger partial charge is 0.331 e. The molecule has 0 fully saturated rings. The monoisotopic (exact) mass is 390 g/mol. The summed E-state index contributed by atoms with van der Waals surface area (Å²) < 4.78 is 6.63. The third-order valence-electron chi connectivity index (χ3n) is 4.22. The van der Waals surface area contributed by atoms with Gasteiger partial charge in [0, 0.05) is 12.6 Å². The van der Waals surface area contributed by atoms with Gasteiger partial charge < -0.3 is 10.1 Å². The highest BCUT2D eigenvalue weighted by molar-refractivity contribution is 5.88. The van der Waals surface area contributed by atoms with Crippen molar-refractivity contribution in [2.45, 2.75) is 20.0 Å². The Balaban J connectivity index is 1.41. The normalized spacial score (nSPS) is 10.8. The number of rotatable bonds is 8. The number of benzene rings is 2. The average molecular weight is 390 g/mol. The van der Waals surface area contributed by atoms with E-state index in [0.717, 1.165) is 16.7 Å². The second-order valence-corrected chi connectivity index (χ2v) is 6.47. The quantitative estimate of drug-likeness (QED) is 0.472. The molecule has 1 N–H and O–H groups in total. The third kappa shape index (κ3) is 6.42. The van der Waals surface area contributed by atoms with Crippen LogP contribution in [0.5, 0.6) is 0 Å². The molecule has 7 nitrogen and oxygen atoms in total. The molecule has 0 aliphatic rings. The standard InChI is InChI=1S/C22H22N4O3/c1-17-7-5-6-10-19(17)13-23-21(27)16-29-22(28)12-11-20-15-26(25-24-20)14-18-8-3-2-4-9-18/h2-12,15H,13-14,16H2,1H3,(H,23,27)/b12-11+. The first-order chi connectivity index (χ1) is 14.1. The van der Waals surface area contributed by atoms with Gasteiger partial charge in [0.15, 0.2) is 6.61 Å². The molecule has 0 unspecified atom stereocenters. The Kier molecular flexibility index (Phi) is 6.89. The first-order valence-electron chi connectivity index (χ1n) is 9.20. The Morgan fingerprint density at radius 2 is 1.86 bits per heavy atom. The van der Waals surface area contributed by atoms with E-state index in [9.17, 15) is 9.59 Å². The molecule has 7 heteroatoms. The van der Waals surface area contributed by atoms with Gasteiger partial charge in [-0.15, -0.1) is 5.10 Å². The van der Waals surface area contributed by atoms with Gasteiger partial charge in [-0.3, -0.25) is 4.79 Å². The summed E-state index contributed by atoms with van der Waals surface area (Å²) in [6, 6.07) is 17.6. The fourth-order valence-corrected chi connectivity index (χ4v) is 2.63. The number of aryl methyl sites for hydroxylation is 1. The van der Waals surface area contributed by atoms with Crippen LogP contribution in [-0.4, -0.2) is 33.5 Å². The van der Waals surface area contributed by atoms with Gasteiger partial charge in [0.2, 0.25) is 0 Å². The van der Waals surface area contributed by atoms with Crippen LogP contribution in [0.1, 0.15) is 22.4 Å². The van der Waals surface area contributed by atoms with Gasteiger partial charge in [-0.1, -0.05) is 59.8 Å². The van der Waals surface area contributed by atoms with Crippen LogP contribution in [0, 0.1) is 6.92 Å². The largest absolute Gasteiger partial charge is 0.452 e. The molecule has 2 aromatic carbocycles. The lowest BCUT2D eigenvalue weighted by molar-refractivity contribution is -0.143. The van der Waals surface area contributed by atoms with Crippen LogP contribution in [0.4, 0.5) is 0 Å². The lowest BCUT2D eigenvalue weighted by atomic mass is 10.1. The molecule has 0 aliphatic carbocycles. The van der Waals surface area contributed by atoms with E-state index in [1.54, 1.807) is 10.9 Å². The van der Waals surface area contributed by atoms with E-state index in [2.05, 4.69) is 15.6 Å². The maximum Gasteiger partial charge on any atom is 0.331 e. The number of ether oxygens (including phenoxy) is 1. The Hall–Kier alpha value is -3.74. The first kappa shape index (κ1) is 20.0. The fraction of sp³-hybridized carbons (Fsp3) is 0.182. The molecule has 1 aromatic heterocycles. The highest BCUT2D eigenvalue weighted by Crippen LogP contribution is 2.06. The molecular formula is C22H22N4O3. The molecule has 29 heavy (non-hydrogen) atoms. The minimum absolute atomic E-state index is 0.338. The molecule has 3 aromatic rings. The van der Waals surface area contributed by atoms with Crippen LogP contribution in [-0.2, 0) is 27.4 Å². The number of esters is 1. The summed E-state index contributed by atoms with van der Waals surface area (Å²) in [5, 5.41) is 10.7. The molecule has 0 atom stereocenters. The van der Waals surface area contributed by atoms with Crippen LogP contribution in [0.15, 0.2) is 66.9 Å². The maximum absolute atomic E-state index is 11.8. The predicted molar refractivity (Wildman–Crippen MR) is 109 cm³/mol. The second-order valence-electron chi connectivity index (χ2n) is 6.47. The summed E-state index contributed by atoms with van der Waals surface area (Å²) in [7, 11) is 0. The van der Waals surface area contributed by atoms with Gasteiger partial charge in [0.25, 0.3) is 5.91 Å². The number of aromatic nitrogens is 3. The van der Waals surface area contributed by atoms with Crippen molar-refractivity contribution in [2.24, 2.45) is 0 Å². The summed E-state index contributed by atoms with van der Waals surface area (Å²) in [4.78, 5) is 23.6. The SMILES string of the molecule is Cc1ccccc1CNC(=O)COC(=O)/C=C/c1cn(Cc2ccccc2)nn1. The van der Waals surface area contributed by atoms with E-state index in [4.69, 9.17) is 4.74 Å². The summed E-state index contributed by atoms with van der Waals surface area (Å²) in [5.41, 5.74) is 3.74. The number of nitrogens with zero attached hydrogens (tertiary/aromatic N) is 3. The lowest BCUT2D eigenvalue weighted by Gasteiger charge is -2.07. The molecular weight excluding hydrogens is 368 g/mol. The van der Waals surface area contributed by atoms with Crippen LogP contribution in [0.2, 0.25) is 0 Å². The predicted octanol–water partition coefficient (Wildman–Crippen LogP) is 2.51. The lowest BCUT2D eigenvalue weighted by Crippen LogP contribution is -2.28. The van der Waals surface area contributed by atoms with Crippen LogP contribution >= 0.6 is 0 Å². The summed E-state index contributed by atoms with van der Waals surface area (Å²) in [6.07, 6.45) is 4.46. The summed E-state index contributed by atoms with van der Waals surface area (Å²) in [5.74, 6) is -0.975. The van der Waals surface area contributed by atoms with Crippen molar-refractivity contribution in [1.29, 1.82) is 0 Å². The van der Waals surface area contributed by atoms with Gasteiger partial charge in [-0.25, -0.2) is 9.48 Å². The van der Waals surface area contributed by atoms with Crippen molar-refractivity contribution in [1.82, 2.24) is 20.3 Å². The number of amides is 1. The number of hydrogen-bond donors (Lipinski definition) is 1. The molecule has 1 amide bonds. The molecule has 0 spiro atoms. The van der Waals surface area contributed by atoms with E-state index in [-0.39, 0.29) is 12.5 Å². The number of hydrogen-bond acceptors (Lipinski definition) is 5. The van der Waals surface area contributed by atoms with Crippen molar-refractivity contribution < 1.29 is 14.3 Å². The number of nitrogens with one attached hydrogen (secondary N) is 1. The van der Waals surface area contributed by atoms with Crippen molar-refractivity contribution in [3.05, 3.63) is 89.3 Å². The Morgan fingerprint density at radius 1 is 1.10 bits per heavy atom. The van der Waals surface area contributed by atoms with Crippen LogP contribution < -0.4 is 5.32 Å². The Labute approximate surface area is 169 Å². The zero-order valence-electron chi connectivity index (χ0n) is 16.1. The topological polar surface area (TPSA) is 86.1 Å².